The Morgan fingerprint density at radius 3 is 2.46 bits per heavy atom. The molecule has 3 aromatic rings. The number of amides is 2. The van der Waals surface area contributed by atoms with Gasteiger partial charge >= 0.3 is 0 Å². The summed E-state index contributed by atoms with van der Waals surface area (Å²) in [5, 5.41) is 7.12. The summed E-state index contributed by atoms with van der Waals surface area (Å²) in [6.07, 6.45) is 5.99. The number of carbonyl (C=O) groups excluding carboxylic acids is 2. The fraction of sp³-hybridized carbons (Fsp3) is 0.304. The summed E-state index contributed by atoms with van der Waals surface area (Å²) in [5.74, 6) is 0.0452. The Hall–Kier alpha value is -3.08. The van der Waals surface area contributed by atoms with Gasteiger partial charge in [-0.05, 0) is 43.0 Å². The van der Waals surface area contributed by atoms with E-state index in [4.69, 9.17) is 0 Å². The van der Waals surface area contributed by atoms with Crippen LogP contribution in [-0.4, -0.2) is 29.9 Å². The van der Waals surface area contributed by atoms with Crippen LogP contribution in [0.2, 0.25) is 0 Å². The molecule has 0 bridgehead atoms. The van der Waals surface area contributed by atoms with Crippen molar-refractivity contribution in [3.05, 3.63) is 71.9 Å². The number of hydrogen-bond donors (Lipinski definition) is 3. The molecule has 146 valence electrons. The zero-order chi connectivity index (χ0) is 19.6. The minimum Gasteiger partial charge on any atom is -0.361 e. The number of aromatic amines is 1. The molecular formula is C23H27N3O2. The number of H-pyrrole nitrogens is 1. The molecule has 2 aromatic carbocycles. The number of para-hydroxylation sites is 1. The molecule has 0 unspecified atom stereocenters. The zero-order valence-electron chi connectivity index (χ0n) is 16.0. The largest absolute Gasteiger partial charge is 0.361 e. The van der Waals surface area contributed by atoms with Crippen molar-refractivity contribution in [2.75, 3.05) is 13.1 Å². The SMILES string of the molecule is O=C(CCCCCNC(=O)c1ccccc1)NCCc1c[nH]c2ccccc12. The molecule has 0 aliphatic carbocycles. The van der Waals surface area contributed by atoms with Gasteiger partial charge in [0.2, 0.25) is 5.91 Å². The zero-order valence-corrected chi connectivity index (χ0v) is 16.0. The van der Waals surface area contributed by atoms with Gasteiger partial charge in [-0.1, -0.05) is 42.8 Å². The van der Waals surface area contributed by atoms with Gasteiger partial charge in [-0.15, -0.1) is 0 Å². The maximum Gasteiger partial charge on any atom is 0.251 e. The quantitative estimate of drug-likeness (QED) is 0.470. The lowest BCUT2D eigenvalue weighted by Crippen LogP contribution is -2.26. The summed E-state index contributed by atoms with van der Waals surface area (Å²) in [5.41, 5.74) is 3.03. The fourth-order valence-corrected chi connectivity index (χ4v) is 3.24. The first-order chi connectivity index (χ1) is 13.7. The summed E-state index contributed by atoms with van der Waals surface area (Å²) in [4.78, 5) is 27.1. The van der Waals surface area contributed by atoms with E-state index in [2.05, 4.69) is 27.8 Å². The predicted molar refractivity (Wildman–Crippen MR) is 112 cm³/mol. The second-order valence-corrected chi connectivity index (χ2v) is 6.89. The van der Waals surface area contributed by atoms with Crippen molar-refractivity contribution in [2.24, 2.45) is 0 Å². The van der Waals surface area contributed by atoms with Gasteiger partial charge in [0.1, 0.15) is 0 Å². The summed E-state index contributed by atoms with van der Waals surface area (Å²) in [7, 11) is 0. The Morgan fingerprint density at radius 1 is 0.821 bits per heavy atom. The van der Waals surface area contributed by atoms with E-state index in [1.165, 1.54) is 10.9 Å². The number of benzene rings is 2. The van der Waals surface area contributed by atoms with Gasteiger partial charge in [-0.3, -0.25) is 9.59 Å². The first-order valence-corrected chi connectivity index (χ1v) is 9.89. The average Bonchev–Trinajstić information content (AvgIpc) is 3.14. The highest BCUT2D eigenvalue weighted by Gasteiger charge is 2.05. The Balaban J connectivity index is 1.24. The minimum absolute atomic E-state index is 0.0457. The highest BCUT2D eigenvalue weighted by molar-refractivity contribution is 5.94. The van der Waals surface area contributed by atoms with Crippen molar-refractivity contribution in [2.45, 2.75) is 32.1 Å². The predicted octanol–water partition coefficient (Wildman–Crippen LogP) is 3.82. The molecule has 3 N–H and O–H groups in total. The standard InChI is InChI=1S/C23H27N3O2/c27-22(24-16-14-19-17-26-21-12-7-6-11-20(19)21)13-5-2-8-15-25-23(28)18-9-3-1-4-10-18/h1,3-4,6-7,9-12,17,26H,2,5,8,13-16H2,(H,24,27)(H,25,28). The normalized spacial score (nSPS) is 10.7. The third kappa shape index (κ3) is 5.71. The summed E-state index contributed by atoms with van der Waals surface area (Å²) < 4.78 is 0. The number of carbonyl (C=O) groups is 2. The minimum atomic E-state index is -0.0457. The van der Waals surface area contributed by atoms with Crippen molar-refractivity contribution in [1.29, 1.82) is 0 Å². The maximum absolute atomic E-state index is 12.0. The van der Waals surface area contributed by atoms with Crippen LogP contribution in [0.25, 0.3) is 10.9 Å². The molecule has 3 rings (SSSR count). The lowest BCUT2D eigenvalue weighted by atomic mass is 10.1. The third-order valence-corrected chi connectivity index (χ3v) is 4.79. The molecule has 0 fully saturated rings. The van der Waals surface area contributed by atoms with E-state index in [0.29, 0.717) is 25.1 Å². The maximum atomic E-state index is 12.0. The van der Waals surface area contributed by atoms with E-state index in [0.717, 1.165) is 31.2 Å². The monoisotopic (exact) mass is 377 g/mol. The van der Waals surface area contributed by atoms with Crippen LogP contribution in [0, 0.1) is 0 Å². The van der Waals surface area contributed by atoms with Crippen LogP contribution in [0.5, 0.6) is 0 Å². The molecule has 0 radical (unpaired) electrons. The summed E-state index contributed by atoms with van der Waals surface area (Å²) in [6.45, 7) is 1.28. The van der Waals surface area contributed by atoms with Crippen LogP contribution in [0.15, 0.2) is 60.8 Å². The number of unbranched alkanes of at least 4 members (excludes halogenated alkanes) is 2. The highest BCUT2D eigenvalue weighted by Crippen LogP contribution is 2.17. The molecule has 2 amide bonds. The number of aromatic nitrogens is 1. The van der Waals surface area contributed by atoms with Crippen molar-refractivity contribution in [3.8, 4) is 0 Å². The van der Waals surface area contributed by atoms with Gasteiger partial charge in [0.05, 0.1) is 0 Å². The first-order valence-electron chi connectivity index (χ1n) is 9.89. The van der Waals surface area contributed by atoms with Gasteiger partial charge in [0, 0.05) is 42.2 Å². The summed E-state index contributed by atoms with van der Waals surface area (Å²) in [6, 6.07) is 17.4. The lowest BCUT2D eigenvalue weighted by molar-refractivity contribution is -0.121. The van der Waals surface area contributed by atoms with Crippen molar-refractivity contribution < 1.29 is 9.59 Å². The lowest BCUT2D eigenvalue weighted by Gasteiger charge is -2.06. The van der Waals surface area contributed by atoms with Crippen LogP contribution in [-0.2, 0) is 11.2 Å². The molecule has 1 aromatic heterocycles. The van der Waals surface area contributed by atoms with Crippen LogP contribution < -0.4 is 10.6 Å². The van der Waals surface area contributed by atoms with Gasteiger partial charge in [-0.2, -0.15) is 0 Å². The molecular weight excluding hydrogens is 350 g/mol. The topological polar surface area (TPSA) is 74.0 Å². The number of nitrogens with one attached hydrogen (secondary N) is 3. The third-order valence-electron chi connectivity index (χ3n) is 4.79. The van der Waals surface area contributed by atoms with E-state index in [9.17, 15) is 9.59 Å². The van der Waals surface area contributed by atoms with E-state index < -0.39 is 0 Å². The van der Waals surface area contributed by atoms with E-state index in [1.807, 2.05) is 36.5 Å². The molecule has 0 atom stereocenters. The molecule has 0 saturated carbocycles. The van der Waals surface area contributed by atoms with Crippen molar-refractivity contribution >= 4 is 22.7 Å². The second kappa shape index (κ2) is 10.3. The Morgan fingerprint density at radius 2 is 1.61 bits per heavy atom. The smallest absolute Gasteiger partial charge is 0.251 e. The van der Waals surface area contributed by atoms with E-state index in [1.54, 1.807) is 12.1 Å². The average molecular weight is 377 g/mol. The Kier molecular flexibility index (Phi) is 7.24. The Bertz CT molecular complexity index is 902. The first kappa shape index (κ1) is 19.7. The van der Waals surface area contributed by atoms with Crippen LogP contribution in [0.4, 0.5) is 0 Å². The molecule has 5 heteroatoms. The van der Waals surface area contributed by atoms with Crippen LogP contribution in [0.3, 0.4) is 0 Å². The number of fused-ring (bicyclic) bond motifs is 1. The van der Waals surface area contributed by atoms with Gasteiger partial charge < -0.3 is 15.6 Å². The second-order valence-electron chi connectivity index (χ2n) is 6.89. The van der Waals surface area contributed by atoms with Gasteiger partial charge in [0.25, 0.3) is 5.91 Å². The highest BCUT2D eigenvalue weighted by atomic mass is 16.2. The van der Waals surface area contributed by atoms with E-state index >= 15 is 0 Å². The molecule has 0 aliphatic rings. The summed E-state index contributed by atoms with van der Waals surface area (Å²) >= 11 is 0. The van der Waals surface area contributed by atoms with Gasteiger partial charge in [-0.25, -0.2) is 0 Å². The molecule has 28 heavy (non-hydrogen) atoms. The van der Waals surface area contributed by atoms with E-state index in [-0.39, 0.29) is 11.8 Å². The van der Waals surface area contributed by atoms with Crippen molar-refractivity contribution in [3.63, 3.8) is 0 Å². The van der Waals surface area contributed by atoms with Gasteiger partial charge in [0.15, 0.2) is 0 Å². The molecule has 0 saturated heterocycles. The van der Waals surface area contributed by atoms with Crippen LogP contribution in [0.1, 0.15) is 41.6 Å². The Labute approximate surface area is 165 Å². The molecule has 1 heterocycles. The fourth-order valence-electron chi connectivity index (χ4n) is 3.24. The van der Waals surface area contributed by atoms with Crippen LogP contribution >= 0.6 is 0 Å². The molecule has 0 spiro atoms. The number of hydrogen-bond acceptors (Lipinski definition) is 2. The molecule has 5 nitrogen and oxygen atoms in total. The number of rotatable bonds is 10. The van der Waals surface area contributed by atoms with Crippen molar-refractivity contribution in [1.82, 2.24) is 15.6 Å². The molecule has 0 aliphatic heterocycles.